The van der Waals surface area contributed by atoms with Crippen molar-refractivity contribution in [2.45, 2.75) is 58.8 Å². The first-order valence-corrected chi connectivity index (χ1v) is 10.7. The lowest BCUT2D eigenvalue weighted by atomic mass is 10.1. The third-order valence-electron chi connectivity index (χ3n) is 3.68. The fourth-order valence-electron chi connectivity index (χ4n) is 2.32. The summed E-state index contributed by atoms with van der Waals surface area (Å²) in [5.41, 5.74) is 0. The number of likely N-dealkylation sites (tertiary alicyclic amines) is 1. The van der Waals surface area contributed by atoms with Crippen LogP contribution in [0.25, 0.3) is 0 Å². The number of ether oxygens (including phenoxy) is 1. The van der Waals surface area contributed by atoms with Gasteiger partial charge in [-0.15, -0.1) is 0 Å². The van der Waals surface area contributed by atoms with Crippen molar-refractivity contribution in [1.82, 2.24) is 4.90 Å². The number of carbonyl (C=O) groups excluding carboxylic acids is 2. The minimum Gasteiger partial charge on any atom is -0.391 e. The molecule has 0 spiro atoms. The van der Waals surface area contributed by atoms with Crippen molar-refractivity contribution in [3.05, 3.63) is 0 Å². The van der Waals surface area contributed by atoms with Crippen LogP contribution in [0.3, 0.4) is 0 Å². The molecule has 1 fully saturated rings. The Balaban J connectivity index is 2.28. The fraction of sp³-hybridized carbons (Fsp3) is 0.875. The number of amides is 1. The van der Waals surface area contributed by atoms with Gasteiger partial charge in [0.25, 0.3) is 0 Å². The van der Waals surface area contributed by atoms with E-state index in [2.05, 4.69) is 0 Å². The summed E-state index contributed by atoms with van der Waals surface area (Å²) in [6.45, 7) is 8.59. The molecule has 134 valence electrons. The first-order chi connectivity index (χ1) is 10.8. The summed E-state index contributed by atoms with van der Waals surface area (Å²) in [4.78, 5) is 25.6. The molecule has 0 radical (unpaired) electrons. The van der Waals surface area contributed by atoms with Crippen LogP contribution >= 0.6 is 21.6 Å². The molecule has 5 nitrogen and oxygen atoms in total. The summed E-state index contributed by atoms with van der Waals surface area (Å²) in [6, 6.07) is -0.0342. The molecule has 1 amide bonds. The second kappa shape index (κ2) is 10.6. The van der Waals surface area contributed by atoms with Gasteiger partial charge in [-0.2, -0.15) is 0 Å². The molecule has 1 aliphatic rings. The monoisotopic (exact) mass is 363 g/mol. The summed E-state index contributed by atoms with van der Waals surface area (Å²) < 4.78 is 5.59. The summed E-state index contributed by atoms with van der Waals surface area (Å²) in [6.07, 6.45) is 0.796. The van der Waals surface area contributed by atoms with Crippen LogP contribution in [0.5, 0.6) is 0 Å². The Morgan fingerprint density at radius 2 is 1.96 bits per heavy atom. The molecule has 0 aromatic carbocycles. The van der Waals surface area contributed by atoms with Crippen LogP contribution in [0.1, 0.15) is 40.5 Å². The van der Waals surface area contributed by atoms with Gasteiger partial charge in [0.2, 0.25) is 5.91 Å². The number of hydrogen-bond acceptors (Lipinski definition) is 6. The number of nitrogens with zero attached hydrogens (tertiary/aromatic N) is 1. The predicted molar refractivity (Wildman–Crippen MR) is 96.6 cm³/mol. The molecule has 0 unspecified atom stereocenters. The Morgan fingerprint density at radius 3 is 2.57 bits per heavy atom. The number of ketones is 1. The highest BCUT2D eigenvalue weighted by atomic mass is 33.1. The Morgan fingerprint density at radius 1 is 1.26 bits per heavy atom. The van der Waals surface area contributed by atoms with Gasteiger partial charge < -0.3 is 14.7 Å². The highest BCUT2D eigenvalue weighted by Crippen LogP contribution is 2.25. The maximum atomic E-state index is 12.3. The number of carbonyl (C=O) groups is 2. The third-order valence-corrected chi connectivity index (χ3v) is 5.93. The van der Waals surface area contributed by atoms with E-state index in [0.717, 1.165) is 5.75 Å². The van der Waals surface area contributed by atoms with E-state index in [4.69, 9.17) is 4.74 Å². The highest BCUT2D eigenvalue weighted by Gasteiger charge is 2.34. The maximum Gasteiger partial charge on any atom is 0.233 e. The molecule has 0 aliphatic carbocycles. The van der Waals surface area contributed by atoms with Crippen LogP contribution in [0.15, 0.2) is 0 Å². The van der Waals surface area contributed by atoms with E-state index in [0.29, 0.717) is 31.7 Å². The van der Waals surface area contributed by atoms with Crippen LogP contribution in [0.4, 0.5) is 0 Å². The van der Waals surface area contributed by atoms with Crippen molar-refractivity contribution in [1.29, 1.82) is 0 Å². The SMILES string of the molecule is CC(C)OC[C@@H]1C[C@H](O)CN1C(=O)CSSCCC(=O)C(C)C. The zero-order valence-corrected chi connectivity index (χ0v) is 16.1. The zero-order chi connectivity index (χ0) is 17.4. The van der Waals surface area contributed by atoms with Gasteiger partial charge in [0.1, 0.15) is 5.78 Å². The van der Waals surface area contributed by atoms with Gasteiger partial charge in [-0.05, 0) is 20.3 Å². The van der Waals surface area contributed by atoms with E-state index in [1.165, 1.54) is 10.8 Å². The summed E-state index contributed by atoms with van der Waals surface area (Å²) in [5, 5.41) is 9.81. The normalized spacial score (nSPS) is 21.4. The maximum absolute atomic E-state index is 12.3. The van der Waals surface area contributed by atoms with Crippen LogP contribution in [0, 0.1) is 5.92 Å². The van der Waals surface area contributed by atoms with Gasteiger partial charge in [-0.1, -0.05) is 35.4 Å². The molecule has 1 saturated heterocycles. The minimum absolute atomic E-state index is 0.0339. The second-order valence-corrected chi connectivity index (χ2v) is 9.01. The van der Waals surface area contributed by atoms with E-state index in [-0.39, 0.29) is 29.8 Å². The molecule has 0 aromatic rings. The number of Topliss-reactive ketones (excluding diaryl/α,β-unsaturated/α-hetero) is 1. The van der Waals surface area contributed by atoms with E-state index in [1.807, 2.05) is 27.7 Å². The quantitative estimate of drug-likeness (QED) is 0.475. The Labute approximate surface area is 147 Å². The van der Waals surface area contributed by atoms with Gasteiger partial charge >= 0.3 is 0 Å². The van der Waals surface area contributed by atoms with Crippen molar-refractivity contribution >= 4 is 33.3 Å². The molecule has 23 heavy (non-hydrogen) atoms. The van der Waals surface area contributed by atoms with Crippen molar-refractivity contribution in [3.8, 4) is 0 Å². The molecule has 1 aliphatic heterocycles. The Bertz CT molecular complexity index is 390. The molecule has 1 heterocycles. The fourth-order valence-corrected chi connectivity index (χ4v) is 4.23. The van der Waals surface area contributed by atoms with E-state index in [1.54, 1.807) is 15.7 Å². The van der Waals surface area contributed by atoms with Crippen LogP contribution < -0.4 is 0 Å². The lowest BCUT2D eigenvalue weighted by molar-refractivity contribution is -0.130. The van der Waals surface area contributed by atoms with Gasteiger partial charge in [-0.25, -0.2) is 0 Å². The van der Waals surface area contributed by atoms with Crippen LogP contribution in [-0.2, 0) is 14.3 Å². The lowest BCUT2D eigenvalue weighted by Crippen LogP contribution is -2.40. The number of aliphatic hydroxyl groups excluding tert-OH is 1. The van der Waals surface area contributed by atoms with Gasteiger partial charge in [0.05, 0.1) is 30.6 Å². The van der Waals surface area contributed by atoms with E-state index in [9.17, 15) is 14.7 Å². The molecule has 0 saturated carbocycles. The van der Waals surface area contributed by atoms with Gasteiger partial charge in [0, 0.05) is 24.6 Å². The average Bonchev–Trinajstić information content (AvgIpc) is 2.85. The smallest absolute Gasteiger partial charge is 0.233 e. The topological polar surface area (TPSA) is 66.8 Å². The largest absolute Gasteiger partial charge is 0.391 e. The summed E-state index contributed by atoms with van der Waals surface area (Å²) in [7, 11) is 3.04. The third kappa shape index (κ3) is 7.92. The van der Waals surface area contributed by atoms with Crippen molar-refractivity contribution < 1.29 is 19.4 Å². The standard InChI is InChI=1S/C16H29NO4S2/c1-11(2)15(19)5-6-22-23-10-16(20)17-8-14(18)7-13(17)9-21-12(3)4/h11-14,18H,5-10H2,1-4H3/t13-,14-/m0/s1. The Kier molecular flexibility index (Phi) is 9.58. The number of β-amino-alcohol motifs (C(OH)–C–C–N with tert-alkyl or cyclic N) is 1. The molecule has 0 aromatic heterocycles. The van der Waals surface area contributed by atoms with Gasteiger partial charge in [0.15, 0.2) is 0 Å². The van der Waals surface area contributed by atoms with Crippen molar-refractivity contribution in [2.24, 2.45) is 5.92 Å². The number of aliphatic hydroxyl groups is 1. The highest BCUT2D eigenvalue weighted by molar-refractivity contribution is 8.76. The number of hydrogen-bond donors (Lipinski definition) is 1. The van der Waals surface area contributed by atoms with Crippen LogP contribution in [-0.4, -0.2) is 64.6 Å². The van der Waals surface area contributed by atoms with Gasteiger partial charge in [-0.3, -0.25) is 9.59 Å². The first kappa shape index (κ1) is 20.8. The van der Waals surface area contributed by atoms with E-state index < -0.39 is 6.10 Å². The average molecular weight is 364 g/mol. The molecule has 1 rings (SSSR count). The lowest BCUT2D eigenvalue weighted by Gasteiger charge is -2.25. The number of rotatable bonds is 10. The van der Waals surface area contributed by atoms with E-state index >= 15 is 0 Å². The molecule has 7 heteroatoms. The molecule has 0 bridgehead atoms. The van der Waals surface area contributed by atoms with Crippen molar-refractivity contribution in [3.63, 3.8) is 0 Å². The predicted octanol–water partition coefficient (Wildman–Crippen LogP) is 2.37. The molecular formula is C16H29NO4S2. The second-order valence-electron chi connectivity index (χ2n) is 6.43. The van der Waals surface area contributed by atoms with Crippen LogP contribution in [0.2, 0.25) is 0 Å². The molecule has 1 N–H and O–H groups in total. The Hall–Kier alpha value is -0.240. The molecule has 2 atom stereocenters. The first-order valence-electron chi connectivity index (χ1n) is 8.17. The summed E-state index contributed by atoms with van der Waals surface area (Å²) >= 11 is 0. The minimum atomic E-state index is -0.457. The zero-order valence-electron chi connectivity index (χ0n) is 14.5. The molecular weight excluding hydrogens is 334 g/mol. The van der Waals surface area contributed by atoms with Crippen molar-refractivity contribution in [2.75, 3.05) is 24.7 Å². The summed E-state index contributed by atoms with van der Waals surface area (Å²) in [5.74, 6) is 1.47.